The Morgan fingerprint density at radius 1 is 1.10 bits per heavy atom. The van der Waals surface area contributed by atoms with Crippen LogP contribution in [0.3, 0.4) is 0 Å². The van der Waals surface area contributed by atoms with Gasteiger partial charge in [0.25, 0.3) is 0 Å². The lowest BCUT2D eigenvalue weighted by Crippen LogP contribution is -2.51. The minimum Gasteiger partial charge on any atom is -0.494 e. The van der Waals surface area contributed by atoms with Crippen molar-refractivity contribution in [1.29, 1.82) is 0 Å². The van der Waals surface area contributed by atoms with E-state index in [0.29, 0.717) is 0 Å². The van der Waals surface area contributed by atoms with Gasteiger partial charge in [0.2, 0.25) is 0 Å². The molecule has 0 radical (unpaired) electrons. The molecule has 0 aromatic heterocycles. The summed E-state index contributed by atoms with van der Waals surface area (Å²) >= 11 is 0. The van der Waals surface area contributed by atoms with E-state index in [-0.39, 0.29) is 11.6 Å². The van der Waals surface area contributed by atoms with Crippen molar-refractivity contribution in [2.45, 2.75) is 52.6 Å². The number of hydrogen-bond acceptors (Lipinski definition) is 3. The van der Waals surface area contributed by atoms with Crippen molar-refractivity contribution >= 4 is 0 Å². The van der Waals surface area contributed by atoms with Crippen molar-refractivity contribution in [3.63, 3.8) is 0 Å². The monoisotopic (exact) mass is 292 g/mol. The van der Waals surface area contributed by atoms with Crippen LogP contribution in [0.25, 0.3) is 0 Å². The fourth-order valence-electron chi connectivity index (χ4n) is 3.13. The van der Waals surface area contributed by atoms with Crippen LogP contribution in [-0.4, -0.2) is 37.2 Å². The fraction of sp³-hybridized carbons (Fsp3) is 0.667. The summed E-state index contributed by atoms with van der Waals surface area (Å²) in [6.07, 6.45) is 1.04. The van der Waals surface area contributed by atoms with E-state index in [4.69, 9.17) is 4.74 Å². The van der Waals surface area contributed by atoms with E-state index >= 15 is 0 Å². The maximum absolute atomic E-state index is 5.67. The van der Waals surface area contributed by atoms with Gasteiger partial charge in [-0.3, -0.25) is 4.90 Å². The van der Waals surface area contributed by atoms with Crippen molar-refractivity contribution in [2.75, 3.05) is 26.7 Å². The largest absolute Gasteiger partial charge is 0.494 e. The first-order valence-corrected chi connectivity index (χ1v) is 8.16. The van der Waals surface area contributed by atoms with Crippen LogP contribution in [0.1, 0.15) is 52.6 Å². The summed E-state index contributed by atoms with van der Waals surface area (Å²) in [6, 6.07) is 8.80. The van der Waals surface area contributed by atoms with Gasteiger partial charge in [0.05, 0.1) is 6.61 Å². The Hall–Kier alpha value is -1.06. The topological polar surface area (TPSA) is 24.5 Å². The van der Waals surface area contributed by atoms with Crippen LogP contribution in [0.2, 0.25) is 0 Å². The van der Waals surface area contributed by atoms with Gasteiger partial charge in [0.1, 0.15) is 5.75 Å². The summed E-state index contributed by atoms with van der Waals surface area (Å²) < 4.78 is 5.67. The second-order valence-electron chi connectivity index (χ2n) is 5.97. The Morgan fingerprint density at radius 2 is 1.67 bits per heavy atom. The molecule has 1 rings (SSSR count). The summed E-state index contributed by atoms with van der Waals surface area (Å²) in [6.45, 7) is 14.1. The summed E-state index contributed by atoms with van der Waals surface area (Å²) in [5.41, 5.74) is 1.36. The molecule has 0 saturated carbocycles. The van der Waals surface area contributed by atoms with E-state index in [1.807, 2.05) is 7.05 Å². The van der Waals surface area contributed by atoms with Crippen LogP contribution >= 0.6 is 0 Å². The molecule has 0 spiro atoms. The van der Waals surface area contributed by atoms with E-state index in [1.54, 1.807) is 0 Å². The van der Waals surface area contributed by atoms with Crippen LogP contribution in [0.15, 0.2) is 24.3 Å². The van der Waals surface area contributed by atoms with Gasteiger partial charge in [-0.15, -0.1) is 0 Å². The third-order valence-corrected chi connectivity index (χ3v) is 4.26. The zero-order chi connectivity index (χ0) is 15.9. The maximum atomic E-state index is 5.67. The van der Waals surface area contributed by atoms with Gasteiger partial charge in [-0.1, -0.05) is 32.9 Å². The highest BCUT2D eigenvalue weighted by molar-refractivity contribution is 5.31. The number of hydrogen-bond donors (Lipinski definition) is 1. The summed E-state index contributed by atoms with van der Waals surface area (Å²) in [5, 5.41) is 3.49. The summed E-state index contributed by atoms with van der Waals surface area (Å²) in [4.78, 5) is 2.50. The second-order valence-corrected chi connectivity index (χ2v) is 5.97. The first-order chi connectivity index (χ1) is 10.0. The Balaban J connectivity index is 2.93. The quantitative estimate of drug-likeness (QED) is 0.748. The molecular formula is C18H32N2O. The predicted octanol–water partition coefficient (Wildman–Crippen LogP) is 3.86. The highest BCUT2D eigenvalue weighted by Crippen LogP contribution is 2.31. The number of ether oxygens (including phenoxy) is 1. The Labute approximate surface area is 130 Å². The molecule has 3 heteroatoms. The average Bonchev–Trinajstić information content (AvgIpc) is 2.47. The molecule has 0 amide bonds. The van der Waals surface area contributed by atoms with Gasteiger partial charge < -0.3 is 10.1 Å². The molecule has 1 aromatic rings. The Morgan fingerprint density at radius 3 is 2.10 bits per heavy atom. The van der Waals surface area contributed by atoms with E-state index in [1.165, 1.54) is 5.56 Å². The molecule has 1 unspecified atom stereocenters. The number of likely N-dealkylation sites (N-methyl/N-ethyl adjacent to an activating group) is 2. The van der Waals surface area contributed by atoms with Gasteiger partial charge in [-0.05, 0) is 58.1 Å². The van der Waals surface area contributed by atoms with Crippen molar-refractivity contribution < 1.29 is 4.74 Å². The van der Waals surface area contributed by atoms with Crippen molar-refractivity contribution in [3.05, 3.63) is 29.8 Å². The van der Waals surface area contributed by atoms with E-state index in [0.717, 1.165) is 31.9 Å². The number of benzene rings is 1. The number of nitrogens with one attached hydrogen (secondary N) is 1. The third-order valence-electron chi connectivity index (χ3n) is 4.26. The first-order valence-electron chi connectivity index (χ1n) is 8.16. The van der Waals surface area contributed by atoms with Crippen LogP contribution in [0.4, 0.5) is 0 Å². The SMILES string of the molecule is CCCOc1ccc(C(NC)C(C)(C)N(CC)CC)cc1. The zero-order valence-corrected chi connectivity index (χ0v) is 14.6. The molecule has 0 aliphatic rings. The Bertz CT molecular complexity index is 396. The fourth-order valence-corrected chi connectivity index (χ4v) is 3.13. The molecule has 1 N–H and O–H groups in total. The lowest BCUT2D eigenvalue weighted by molar-refractivity contribution is 0.0944. The molecule has 1 atom stereocenters. The van der Waals surface area contributed by atoms with Gasteiger partial charge >= 0.3 is 0 Å². The number of rotatable bonds is 9. The molecule has 3 nitrogen and oxygen atoms in total. The normalized spacial score (nSPS) is 13.5. The van der Waals surface area contributed by atoms with Gasteiger partial charge in [0.15, 0.2) is 0 Å². The lowest BCUT2D eigenvalue weighted by atomic mass is 9.87. The molecule has 0 fully saturated rings. The average molecular weight is 292 g/mol. The summed E-state index contributed by atoms with van der Waals surface area (Å²) in [5.74, 6) is 0.955. The van der Waals surface area contributed by atoms with Crippen LogP contribution < -0.4 is 10.1 Å². The zero-order valence-electron chi connectivity index (χ0n) is 14.6. The molecule has 0 saturated heterocycles. The Kier molecular flexibility index (Phi) is 7.20. The van der Waals surface area contributed by atoms with Crippen molar-refractivity contribution in [1.82, 2.24) is 10.2 Å². The van der Waals surface area contributed by atoms with Crippen molar-refractivity contribution in [3.8, 4) is 5.75 Å². The molecular weight excluding hydrogens is 260 g/mol. The van der Waals surface area contributed by atoms with E-state index < -0.39 is 0 Å². The smallest absolute Gasteiger partial charge is 0.119 e. The number of nitrogens with zero attached hydrogens (tertiary/aromatic N) is 1. The molecule has 0 bridgehead atoms. The highest BCUT2D eigenvalue weighted by atomic mass is 16.5. The molecule has 0 heterocycles. The van der Waals surface area contributed by atoms with E-state index in [2.05, 4.69) is 69.1 Å². The first kappa shape index (κ1) is 18.0. The molecule has 21 heavy (non-hydrogen) atoms. The summed E-state index contributed by atoms with van der Waals surface area (Å²) in [7, 11) is 2.04. The highest BCUT2D eigenvalue weighted by Gasteiger charge is 2.33. The predicted molar refractivity (Wildman–Crippen MR) is 91.0 cm³/mol. The third kappa shape index (κ3) is 4.45. The standard InChI is InChI=1S/C18H32N2O/c1-7-14-21-16-12-10-15(11-13-16)17(19-6)18(4,5)20(8-2)9-3/h10-13,17,19H,7-9,14H2,1-6H3. The lowest BCUT2D eigenvalue weighted by Gasteiger charge is -2.43. The molecule has 120 valence electrons. The molecule has 0 aliphatic heterocycles. The van der Waals surface area contributed by atoms with Crippen LogP contribution in [-0.2, 0) is 0 Å². The molecule has 1 aromatic carbocycles. The minimum absolute atomic E-state index is 0.0596. The molecule has 0 aliphatic carbocycles. The minimum atomic E-state index is 0.0596. The second kappa shape index (κ2) is 8.40. The van der Waals surface area contributed by atoms with Gasteiger partial charge in [-0.2, -0.15) is 0 Å². The van der Waals surface area contributed by atoms with Gasteiger partial charge in [-0.25, -0.2) is 0 Å². The van der Waals surface area contributed by atoms with E-state index in [9.17, 15) is 0 Å². The van der Waals surface area contributed by atoms with Crippen LogP contribution in [0.5, 0.6) is 5.75 Å². The van der Waals surface area contributed by atoms with Crippen molar-refractivity contribution in [2.24, 2.45) is 0 Å². The van der Waals surface area contributed by atoms with Crippen LogP contribution in [0, 0.1) is 0 Å². The maximum Gasteiger partial charge on any atom is 0.119 e. The van der Waals surface area contributed by atoms with Gasteiger partial charge in [0, 0.05) is 11.6 Å².